The molecule has 3 rings (SSSR count). The van der Waals surface area contributed by atoms with Crippen molar-refractivity contribution in [3.8, 4) is 5.75 Å². The van der Waals surface area contributed by atoms with E-state index in [1.165, 1.54) is 11.8 Å². The van der Waals surface area contributed by atoms with Crippen LogP contribution in [0.3, 0.4) is 0 Å². The predicted octanol–water partition coefficient (Wildman–Crippen LogP) is 5.31. The molecule has 0 aliphatic rings. The van der Waals surface area contributed by atoms with E-state index in [9.17, 15) is 9.59 Å². The Morgan fingerprint density at radius 3 is 2.03 bits per heavy atom. The molecule has 0 aliphatic heterocycles. The molecule has 0 radical (unpaired) electrons. The Kier molecular flexibility index (Phi) is 6.92. The molecule has 0 atom stereocenters. The standard InChI is InChI=1S/C23H22N2O3S/c1-3-28-19-14-12-18(13-15-19)24-22(26)16-8-10-17(11-9-16)25-23(27)20-6-4-5-7-21(20)29-2/h4-15H,3H2,1-2H3,(H,24,26)(H,25,27). The summed E-state index contributed by atoms with van der Waals surface area (Å²) in [6.07, 6.45) is 1.93. The van der Waals surface area contributed by atoms with Crippen molar-refractivity contribution in [1.82, 2.24) is 0 Å². The van der Waals surface area contributed by atoms with Crippen LogP contribution in [0.15, 0.2) is 77.7 Å². The first-order chi connectivity index (χ1) is 14.1. The van der Waals surface area contributed by atoms with Gasteiger partial charge >= 0.3 is 0 Å². The fraction of sp³-hybridized carbons (Fsp3) is 0.130. The average molecular weight is 407 g/mol. The molecule has 148 valence electrons. The summed E-state index contributed by atoms with van der Waals surface area (Å²) in [5.74, 6) is 0.356. The zero-order valence-corrected chi connectivity index (χ0v) is 17.1. The van der Waals surface area contributed by atoms with Crippen molar-refractivity contribution >= 4 is 35.0 Å². The van der Waals surface area contributed by atoms with E-state index in [2.05, 4.69) is 10.6 Å². The third-order valence-corrected chi connectivity index (χ3v) is 4.98. The van der Waals surface area contributed by atoms with Gasteiger partial charge in [-0.3, -0.25) is 9.59 Å². The molecule has 0 bridgehead atoms. The van der Waals surface area contributed by atoms with Crippen molar-refractivity contribution in [2.24, 2.45) is 0 Å². The lowest BCUT2D eigenvalue weighted by molar-refractivity contribution is 0.101. The van der Waals surface area contributed by atoms with Crippen LogP contribution in [-0.2, 0) is 0 Å². The molecule has 2 N–H and O–H groups in total. The quantitative estimate of drug-likeness (QED) is 0.522. The van der Waals surface area contributed by atoms with Gasteiger partial charge in [-0.2, -0.15) is 0 Å². The lowest BCUT2D eigenvalue weighted by Gasteiger charge is -2.10. The molecular formula is C23H22N2O3S. The van der Waals surface area contributed by atoms with E-state index in [1.807, 2.05) is 43.5 Å². The van der Waals surface area contributed by atoms with Gasteiger partial charge < -0.3 is 15.4 Å². The minimum Gasteiger partial charge on any atom is -0.494 e. The fourth-order valence-corrected chi connectivity index (χ4v) is 3.34. The van der Waals surface area contributed by atoms with E-state index in [4.69, 9.17) is 4.74 Å². The van der Waals surface area contributed by atoms with Crippen LogP contribution in [0, 0.1) is 0 Å². The van der Waals surface area contributed by atoms with E-state index in [0.717, 1.165) is 10.6 Å². The highest BCUT2D eigenvalue weighted by atomic mass is 32.2. The second-order valence-corrected chi connectivity index (χ2v) is 6.99. The summed E-state index contributed by atoms with van der Waals surface area (Å²) in [6.45, 7) is 2.51. The van der Waals surface area contributed by atoms with Crippen LogP contribution in [0.2, 0.25) is 0 Å². The Balaban J connectivity index is 1.63. The average Bonchev–Trinajstić information content (AvgIpc) is 2.75. The van der Waals surface area contributed by atoms with Gasteiger partial charge in [0.2, 0.25) is 0 Å². The van der Waals surface area contributed by atoms with E-state index in [-0.39, 0.29) is 11.8 Å². The lowest BCUT2D eigenvalue weighted by Crippen LogP contribution is -2.14. The number of thioether (sulfide) groups is 1. The molecule has 6 heteroatoms. The van der Waals surface area contributed by atoms with Crippen LogP contribution in [0.1, 0.15) is 27.6 Å². The van der Waals surface area contributed by atoms with Crippen molar-refractivity contribution in [3.05, 3.63) is 83.9 Å². The molecule has 0 heterocycles. The number of nitrogens with one attached hydrogen (secondary N) is 2. The van der Waals surface area contributed by atoms with Crippen LogP contribution in [0.4, 0.5) is 11.4 Å². The summed E-state index contributed by atoms with van der Waals surface area (Å²) in [4.78, 5) is 25.9. The van der Waals surface area contributed by atoms with Gasteiger partial charge in [-0.05, 0) is 73.8 Å². The Morgan fingerprint density at radius 2 is 1.41 bits per heavy atom. The molecule has 0 aromatic heterocycles. The predicted molar refractivity (Wildman–Crippen MR) is 118 cm³/mol. The van der Waals surface area contributed by atoms with Gasteiger partial charge in [0.15, 0.2) is 0 Å². The maximum atomic E-state index is 12.5. The van der Waals surface area contributed by atoms with Gasteiger partial charge in [0, 0.05) is 21.8 Å². The molecule has 0 aliphatic carbocycles. The Bertz CT molecular complexity index is 986. The molecule has 5 nitrogen and oxygen atoms in total. The van der Waals surface area contributed by atoms with Gasteiger partial charge in [-0.25, -0.2) is 0 Å². The van der Waals surface area contributed by atoms with E-state index in [1.54, 1.807) is 42.5 Å². The van der Waals surface area contributed by atoms with Crippen LogP contribution in [0.25, 0.3) is 0 Å². The fourth-order valence-electron chi connectivity index (χ4n) is 2.74. The third-order valence-electron chi connectivity index (χ3n) is 4.18. The summed E-state index contributed by atoms with van der Waals surface area (Å²) >= 11 is 1.52. The minimum atomic E-state index is -0.222. The Morgan fingerprint density at radius 1 is 0.828 bits per heavy atom. The molecule has 0 saturated heterocycles. The number of hydrogen-bond acceptors (Lipinski definition) is 4. The maximum absolute atomic E-state index is 12.5. The summed E-state index contributed by atoms with van der Waals surface area (Å²) in [6, 6.07) is 21.4. The number of benzene rings is 3. The zero-order chi connectivity index (χ0) is 20.6. The van der Waals surface area contributed by atoms with Crippen molar-refractivity contribution < 1.29 is 14.3 Å². The second kappa shape index (κ2) is 9.80. The Hall–Kier alpha value is -3.25. The SMILES string of the molecule is CCOc1ccc(NC(=O)c2ccc(NC(=O)c3ccccc3SC)cc2)cc1. The first-order valence-corrected chi connectivity index (χ1v) is 10.4. The van der Waals surface area contributed by atoms with E-state index < -0.39 is 0 Å². The lowest BCUT2D eigenvalue weighted by atomic mass is 10.1. The Labute approximate surface area is 174 Å². The smallest absolute Gasteiger partial charge is 0.256 e. The van der Waals surface area contributed by atoms with Crippen molar-refractivity contribution in [2.45, 2.75) is 11.8 Å². The van der Waals surface area contributed by atoms with Gasteiger partial charge in [0.25, 0.3) is 11.8 Å². The number of carbonyl (C=O) groups excluding carboxylic acids is 2. The molecule has 0 fully saturated rings. The van der Waals surface area contributed by atoms with Crippen LogP contribution >= 0.6 is 11.8 Å². The van der Waals surface area contributed by atoms with Gasteiger partial charge in [-0.15, -0.1) is 11.8 Å². The zero-order valence-electron chi connectivity index (χ0n) is 16.3. The molecule has 3 aromatic rings. The van der Waals surface area contributed by atoms with Crippen LogP contribution in [0.5, 0.6) is 5.75 Å². The first kappa shape index (κ1) is 20.5. The second-order valence-electron chi connectivity index (χ2n) is 6.14. The number of ether oxygens (including phenoxy) is 1. The summed E-state index contributed by atoms with van der Waals surface area (Å²) in [7, 11) is 0. The number of hydrogen-bond donors (Lipinski definition) is 2. The van der Waals surface area contributed by atoms with Gasteiger partial charge in [0.05, 0.1) is 12.2 Å². The van der Waals surface area contributed by atoms with Crippen LogP contribution < -0.4 is 15.4 Å². The van der Waals surface area contributed by atoms with Crippen LogP contribution in [-0.4, -0.2) is 24.7 Å². The topological polar surface area (TPSA) is 67.4 Å². The molecule has 0 saturated carbocycles. The first-order valence-electron chi connectivity index (χ1n) is 9.19. The van der Waals surface area contributed by atoms with Crippen molar-refractivity contribution in [1.29, 1.82) is 0 Å². The molecule has 29 heavy (non-hydrogen) atoms. The molecule has 2 amide bonds. The molecule has 0 spiro atoms. The number of amides is 2. The summed E-state index contributed by atoms with van der Waals surface area (Å²) in [5.41, 5.74) is 2.44. The maximum Gasteiger partial charge on any atom is 0.256 e. The highest BCUT2D eigenvalue weighted by Crippen LogP contribution is 2.21. The number of anilines is 2. The van der Waals surface area contributed by atoms with E-state index >= 15 is 0 Å². The largest absolute Gasteiger partial charge is 0.494 e. The normalized spacial score (nSPS) is 10.3. The minimum absolute atomic E-state index is 0.179. The molecule has 0 unspecified atom stereocenters. The molecular weight excluding hydrogens is 384 g/mol. The summed E-state index contributed by atoms with van der Waals surface area (Å²) < 4.78 is 5.39. The third kappa shape index (κ3) is 5.39. The highest BCUT2D eigenvalue weighted by molar-refractivity contribution is 7.98. The molecule has 3 aromatic carbocycles. The number of carbonyl (C=O) groups is 2. The number of rotatable bonds is 7. The van der Waals surface area contributed by atoms with Gasteiger partial charge in [-0.1, -0.05) is 12.1 Å². The monoisotopic (exact) mass is 406 g/mol. The highest BCUT2D eigenvalue weighted by Gasteiger charge is 2.11. The van der Waals surface area contributed by atoms with Crippen molar-refractivity contribution in [2.75, 3.05) is 23.5 Å². The van der Waals surface area contributed by atoms with Crippen molar-refractivity contribution in [3.63, 3.8) is 0 Å². The van der Waals surface area contributed by atoms with Gasteiger partial charge in [0.1, 0.15) is 5.75 Å². The summed E-state index contributed by atoms with van der Waals surface area (Å²) in [5, 5.41) is 5.71. The van der Waals surface area contributed by atoms with E-state index in [0.29, 0.717) is 29.1 Å².